The van der Waals surface area contributed by atoms with Crippen molar-refractivity contribution in [2.45, 2.75) is 12.5 Å². The lowest BCUT2D eigenvalue weighted by molar-refractivity contribution is -0.142. The molecule has 2 atom stereocenters. The number of ether oxygens (including phenoxy) is 1. The minimum Gasteiger partial charge on any atom is -0.468 e. The summed E-state index contributed by atoms with van der Waals surface area (Å²) in [6, 6.07) is 7.77. The summed E-state index contributed by atoms with van der Waals surface area (Å²) in [5.74, 6) is 0.554. The van der Waals surface area contributed by atoms with Crippen molar-refractivity contribution in [3.63, 3.8) is 0 Å². The van der Waals surface area contributed by atoms with Gasteiger partial charge < -0.3 is 9.26 Å². The van der Waals surface area contributed by atoms with Gasteiger partial charge in [0.2, 0.25) is 0 Å². The molecule has 0 aliphatic carbocycles. The number of carbonyl (C=O) groups is 1. The van der Waals surface area contributed by atoms with Crippen LogP contribution in [0.25, 0.3) is 0 Å². The minimum absolute atomic E-state index is 0.367. The van der Waals surface area contributed by atoms with Gasteiger partial charge in [0.25, 0.3) is 0 Å². The number of thioether (sulfide) groups is 1. The zero-order chi connectivity index (χ0) is 15.0. The average Bonchev–Trinajstić information content (AvgIpc) is 2.43. The second-order valence-corrected chi connectivity index (χ2v) is 7.59. The highest BCUT2D eigenvalue weighted by molar-refractivity contribution is 7.98. The number of halogens is 1. The second-order valence-electron chi connectivity index (χ2n) is 3.87. The topological polar surface area (TPSA) is 64.6 Å². The number of carbonyl (C=O) groups excluding carboxylic acids is 1. The number of rotatable bonds is 8. The fraction of sp³-hybridized carbons (Fsp3) is 0.417. The van der Waals surface area contributed by atoms with Gasteiger partial charge in [-0.1, -0.05) is 18.2 Å². The SMILES string of the molecule is COC(=O)[C@@H](CCSC)NP(=O)(Cl)Oc1ccccc1. The maximum Gasteiger partial charge on any atom is 0.409 e. The summed E-state index contributed by atoms with van der Waals surface area (Å²) in [7, 11) is 1.27. The number of para-hydroxylation sites is 1. The molecular formula is C12H17ClNO4PS. The van der Waals surface area contributed by atoms with Crippen LogP contribution >= 0.6 is 29.9 Å². The molecule has 1 aromatic rings. The number of nitrogens with one attached hydrogen (secondary N) is 1. The van der Waals surface area contributed by atoms with E-state index in [0.717, 1.165) is 0 Å². The van der Waals surface area contributed by atoms with Crippen molar-refractivity contribution < 1.29 is 18.6 Å². The lowest BCUT2D eigenvalue weighted by atomic mass is 10.2. The first-order valence-electron chi connectivity index (χ1n) is 5.87. The van der Waals surface area contributed by atoms with Crippen molar-refractivity contribution in [2.75, 3.05) is 19.1 Å². The molecule has 1 rings (SSSR count). The second kappa shape index (κ2) is 8.57. The molecule has 0 spiro atoms. The Bertz CT molecular complexity index is 474. The Kier molecular flexibility index (Phi) is 7.45. The molecule has 0 amide bonds. The third kappa shape index (κ3) is 6.18. The first kappa shape index (κ1) is 17.4. The van der Waals surface area contributed by atoms with Gasteiger partial charge in [-0.25, -0.2) is 9.65 Å². The van der Waals surface area contributed by atoms with Crippen LogP contribution in [0.15, 0.2) is 30.3 Å². The number of esters is 1. The van der Waals surface area contributed by atoms with E-state index in [0.29, 0.717) is 17.9 Å². The molecule has 1 aromatic carbocycles. The van der Waals surface area contributed by atoms with Crippen LogP contribution in [0.3, 0.4) is 0 Å². The highest BCUT2D eigenvalue weighted by Crippen LogP contribution is 2.48. The summed E-state index contributed by atoms with van der Waals surface area (Å²) < 4.78 is 22.1. The Hall–Kier alpha value is -0.680. The van der Waals surface area contributed by atoms with Gasteiger partial charge in [-0.15, -0.1) is 0 Å². The Morgan fingerprint density at radius 2 is 2.10 bits per heavy atom. The fourth-order valence-electron chi connectivity index (χ4n) is 1.44. The molecule has 0 saturated carbocycles. The maximum absolute atomic E-state index is 12.2. The summed E-state index contributed by atoms with van der Waals surface area (Å²) in [5, 5.41) is 2.54. The van der Waals surface area contributed by atoms with Crippen LogP contribution in [0.5, 0.6) is 5.75 Å². The van der Waals surface area contributed by atoms with E-state index in [-0.39, 0.29) is 0 Å². The molecule has 8 heteroatoms. The van der Waals surface area contributed by atoms with Crippen molar-refractivity contribution in [1.29, 1.82) is 0 Å². The predicted molar refractivity (Wildman–Crippen MR) is 82.5 cm³/mol. The van der Waals surface area contributed by atoms with E-state index >= 15 is 0 Å². The van der Waals surface area contributed by atoms with Gasteiger partial charge in [-0.05, 0) is 30.6 Å². The summed E-state index contributed by atoms with van der Waals surface area (Å²) in [6.07, 6.45) is 2.36. The summed E-state index contributed by atoms with van der Waals surface area (Å²) in [4.78, 5) is 11.6. The fourth-order valence-corrected chi connectivity index (χ4v) is 3.56. The van der Waals surface area contributed by atoms with Crippen molar-refractivity contribution in [3.8, 4) is 5.75 Å². The third-order valence-corrected chi connectivity index (χ3v) is 4.58. The zero-order valence-corrected chi connectivity index (χ0v) is 13.7. The Morgan fingerprint density at radius 3 is 2.65 bits per heavy atom. The van der Waals surface area contributed by atoms with E-state index in [1.165, 1.54) is 7.11 Å². The van der Waals surface area contributed by atoms with E-state index in [9.17, 15) is 9.36 Å². The summed E-state index contributed by atoms with van der Waals surface area (Å²) >= 11 is 7.42. The molecule has 0 aromatic heterocycles. The van der Waals surface area contributed by atoms with Gasteiger partial charge in [-0.2, -0.15) is 11.8 Å². The van der Waals surface area contributed by atoms with Gasteiger partial charge in [0.15, 0.2) is 0 Å². The lowest BCUT2D eigenvalue weighted by Crippen LogP contribution is -2.36. The zero-order valence-electron chi connectivity index (χ0n) is 11.2. The van der Waals surface area contributed by atoms with Crippen molar-refractivity contribution in [3.05, 3.63) is 30.3 Å². The molecule has 0 fully saturated rings. The minimum atomic E-state index is -3.67. The molecule has 5 nitrogen and oxygen atoms in total. The van der Waals surface area contributed by atoms with Crippen LogP contribution in [0.4, 0.5) is 0 Å². The monoisotopic (exact) mass is 337 g/mol. The van der Waals surface area contributed by atoms with Gasteiger partial charge in [0.05, 0.1) is 7.11 Å². The van der Waals surface area contributed by atoms with Crippen LogP contribution in [0, 0.1) is 0 Å². The summed E-state index contributed by atoms with van der Waals surface area (Å²) in [6.45, 7) is -3.67. The van der Waals surface area contributed by atoms with Crippen LogP contribution in [-0.4, -0.2) is 31.1 Å². The molecule has 0 aliphatic rings. The van der Waals surface area contributed by atoms with E-state index in [1.807, 2.05) is 6.26 Å². The van der Waals surface area contributed by atoms with E-state index in [1.54, 1.807) is 42.1 Å². The van der Waals surface area contributed by atoms with Crippen LogP contribution < -0.4 is 9.61 Å². The average molecular weight is 338 g/mol. The van der Waals surface area contributed by atoms with Crippen molar-refractivity contribution in [2.24, 2.45) is 0 Å². The maximum atomic E-state index is 12.2. The van der Waals surface area contributed by atoms with E-state index < -0.39 is 18.9 Å². The molecule has 112 valence electrons. The number of hydrogen-bond donors (Lipinski definition) is 1. The Labute approximate surface area is 127 Å². The number of hydrogen-bond acceptors (Lipinski definition) is 5. The Balaban J connectivity index is 2.69. The highest BCUT2D eigenvalue weighted by atomic mass is 35.7. The van der Waals surface area contributed by atoms with E-state index in [2.05, 4.69) is 9.82 Å². The predicted octanol–water partition coefficient (Wildman–Crippen LogP) is 3.30. The quantitative estimate of drug-likeness (QED) is 0.580. The Morgan fingerprint density at radius 1 is 1.45 bits per heavy atom. The first-order valence-corrected chi connectivity index (χ1v) is 9.80. The largest absolute Gasteiger partial charge is 0.468 e. The van der Waals surface area contributed by atoms with Gasteiger partial charge in [0.1, 0.15) is 11.8 Å². The summed E-state index contributed by atoms with van der Waals surface area (Å²) in [5.41, 5.74) is 0. The molecule has 0 radical (unpaired) electrons. The molecule has 0 bridgehead atoms. The standard InChI is InChI=1S/C12H17ClNO4PS/c1-17-12(15)11(8-9-20-2)14-19(13,16)18-10-6-4-3-5-7-10/h3-7,11H,8-9H2,1-2H3,(H,14,16)/t11-,19?/m1/s1. The normalized spacial score (nSPS) is 15.2. The van der Waals surface area contributed by atoms with Gasteiger partial charge in [0, 0.05) is 11.2 Å². The van der Waals surface area contributed by atoms with Crippen molar-refractivity contribution >= 4 is 35.8 Å². The van der Waals surface area contributed by atoms with Crippen LogP contribution in [-0.2, 0) is 14.1 Å². The molecule has 1 N–H and O–H groups in total. The lowest BCUT2D eigenvalue weighted by Gasteiger charge is -2.20. The third-order valence-electron chi connectivity index (χ3n) is 2.37. The van der Waals surface area contributed by atoms with Crippen LogP contribution in [0.2, 0.25) is 0 Å². The first-order chi connectivity index (χ1) is 9.48. The molecule has 20 heavy (non-hydrogen) atoms. The smallest absolute Gasteiger partial charge is 0.409 e. The number of benzene rings is 1. The molecule has 0 heterocycles. The van der Waals surface area contributed by atoms with Gasteiger partial charge in [-0.3, -0.25) is 4.79 Å². The molecule has 0 saturated heterocycles. The molecular weight excluding hydrogens is 321 g/mol. The highest BCUT2D eigenvalue weighted by Gasteiger charge is 2.30. The van der Waals surface area contributed by atoms with Gasteiger partial charge >= 0.3 is 12.8 Å². The van der Waals surface area contributed by atoms with Crippen molar-refractivity contribution in [1.82, 2.24) is 5.09 Å². The molecule has 0 aliphatic heterocycles. The van der Waals surface area contributed by atoms with E-state index in [4.69, 9.17) is 15.8 Å². The van der Waals surface area contributed by atoms with Crippen LogP contribution in [0.1, 0.15) is 6.42 Å². The molecule has 1 unspecified atom stereocenters. The number of methoxy groups -OCH3 is 1.